The van der Waals surface area contributed by atoms with Crippen molar-refractivity contribution in [2.24, 2.45) is 0 Å². The van der Waals surface area contributed by atoms with Gasteiger partial charge in [0.1, 0.15) is 11.6 Å². The van der Waals surface area contributed by atoms with Gasteiger partial charge >= 0.3 is 0 Å². The Hall–Kier alpha value is -2.47. The molecule has 7 nitrogen and oxygen atoms in total. The highest BCUT2D eigenvalue weighted by atomic mass is 127. The van der Waals surface area contributed by atoms with Gasteiger partial charge in [0.05, 0.1) is 20.8 Å². The van der Waals surface area contributed by atoms with E-state index in [-0.39, 0.29) is 29.4 Å². The molecule has 3 rings (SSSR count). The van der Waals surface area contributed by atoms with Crippen LogP contribution < -0.4 is 9.62 Å². The maximum Gasteiger partial charge on any atom is 0.255 e. The molecule has 0 spiro atoms. The zero-order valence-electron chi connectivity index (χ0n) is 17.7. The van der Waals surface area contributed by atoms with Gasteiger partial charge in [-0.3, -0.25) is 9.10 Å². The number of aromatic nitrogens is 1. The molecule has 0 radical (unpaired) electrons. The van der Waals surface area contributed by atoms with E-state index in [9.17, 15) is 17.6 Å². The minimum Gasteiger partial charge on any atom is -0.437 e. The number of amides is 1. The highest BCUT2D eigenvalue weighted by Gasteiger charge is 2.27. The van der Waals surface area contributed by atoms with Gasteiger partial charge < -0.3 is 9.73 Å². The maximum atomic E-state index is 13.4. The number of furan rings is 1. The minimum absolute atomic E-state index is 0.123. The van der Waals surface area contributed by atoms with Crippen molar-refractivity contribution in [3.63, 3.8) is 0 Å². The first-order valence-electron chi connectivity index (χ1n) is 9.87. The first kappa shape index (κ1) is 24.2. The Morgan fingerprint density at radius 2 is 2.00 bits per heavy atom. The van der Waals surface area contributed by atoms with Gasteiger partial charge in [-0.1, -0.05) is 6.08 Å². The van der Waals surface area contributed by atoms with E-state index in [1.54, 1.807) is 12.1 Å². The molecule has 0 aliphatic heterocycles. The molecule has 1 N–H and O–H groups in total. The van der Waals surface area contributed by atoms with Gasteiger partial charge in [-0.05, 0) is 72.2 Å². The molecule has 0 aliphatic carbocycles. The number of benzene rings is 1. The monoisotopic (exact) mass is 571 g/mol. The normalized spacial score (nSPS) is 11.5. The molecular weight excluding hydrogens is 548 g/mol. The summed E-state index contributed by atoms with van der Waals surface area (Å²) in [4.78, 5) is 17.1. The van der Waals surface area contributed by atoms with Crippen molar-refractivity contribution in [1.82, 2.24) is 10.3 Å². The molecule has 0 atom stereocenters. The van der Waals surface area contributed by atoms with Crippen molar-refractivity contribution < 1.29 is 22.0 Å². The smallest absolute Gasteiger partial charge is 0.255 e. The molecule has 3 aromatic rings. The van der Waals surface area contributed by atoms with Crippen LogP contribution in [0.4, 0.5) is 10.2 Å². The standard InChI is InChI=1S/C22H23FIN3O4S/c1-4-5-6-7-12-27(32(3,29)30)20-17(24)13-16-18(21(28)25-2)19(31-22(16)26-20)14-8-10-15(23)11-9-14/h4,8-11,13H,1,5-7,12H2,2-3H3,(H,25,28). The lowest BCUT2D eigenvalue weighted by atomic mass is 10.1. The van der Waals surface area contributed by atoms with E-state index < -0.39 is 21.7 Å². The Morgan fingerprint density at radius 3 is 2.59 bits per heavy atom. The number of carbonyl (C=O) groups is 1. The van der Waals surface area contributed by atoms with E-state index in [1.807, 2.05) is 22.6 Å². The predicted molar refractivity (Wildman–Crippen MR) is 132 cm³/mol. The van der Waals surface area contributed by atoms with E-state index in [2.05, 4.69) is 16.9 Å². The third-order valence-electron chi connectivity index (χ3n) is 4.83. The summed E-state index contributed by atoms with van der Waals surface area (Å²) in [5.41, 5.74) is 0.880. The van der Waals surface area contributed by atoms with E-state index in [0.717, 1.165) is 19.1 Å². The number of nitrogens with one attached hydrogen (secondary N) is 1. The quantitative estimate of drug-likeness (QED) is 0.228. The van der Waals surface area contributed by atoms with Crippen LogP contribution in [0.2, 0.25) is 0 Å². The molecule has 0 bridgehead atoms. The van der Waals surface area contributed by atoms with Crippen LogP contribution in [-0.2, 0) is 10.0 Å². The second kappa shape index (κ2) is 9.99. The number of nitrogens with zero attached hydrogens (tertiary/aromatic N) is 2. The lowest BCUT2D eigenvalue weighted by Crippen LogP contribution is -2.32. The van der Waals surface area contributed by atoms with Crippen molar-refractivity contribution in [1.29, 1.82) is 0 Å². The second-order valence-electron chi connectivity index (χ2n) is 7.16. The molecule has 10 heteroatoms. The van der Waals surface area contributed by atoms with Crippen LogP contribution in [0.1, 0.15) is 29.6 Å². The highest BCUT2D eigenvalue weighted by molar-refractivity contribution is 14.1. The van der Waals surface area contributed by atoms with E-state index in [1.165, 1.54) is 35.6 Å². The lowest BCUT2D eigenvalue weighted by molar-refractivity contribution is 0.0964. The number of pyridine rings is 1. The molecule has 0 saturated heterocycles. The van der Waals surface area contributed by atoms with Gasteiger partial charge in [-0.25, -0.2) is 12.8 Å². The Labute approximate surface area is 199 Å². The summed E-state index contributed by atoms with van der Waals surface area (Å²) < 4.78 is 46.1. The van der Waals surface area contributed by atoms with Crippen molar-refractivity contribution in [2.45, 2.75) is 19.3 Å². The zero-order chi connectivity index (χ0) is 23.5. The first-order valence-corrected chi connectivity index (χ1v) is 12.8. The third kappa shape index (κ3) is 5.12. The summed E-state index contributed by atoms with van der Waals surface area (Å²) in [6.45, 7) is 3.94. The topological polar surface area (TPSA) is 92.5 Å². The van der Waals surface area contributed by atoms with E-state index in [4.69, 9.17) is 4.42 Å². The van der Waals surface area contributed by atoms with E-state index >= 15 is 0 Å². The molecule has 0 fully saturated rings. The molecule has 0 aliphatic rings. The summed E-state index contributed by atoms with van der Waals surface area (Å²) in [5.74, 6) is -0.335. The number of sulfonamides is 1. The van der Waals surface area contributed by atoms with Gasteiger partial charge in [0.15, 0.2) is 5.82 Å². The van der Waals surface area contributed by atoms with Crippen LogP contribution in [-0.4, -0.2) is 39.2 Å². The van der Waals surface area contributed by atoms with Crippen LogP contribution in [0, 0.1) is 9.39 Å². The molecule has 1 amide bonds. The average molecular weight is 571 g/mol. The summed E-state index contributed by atoms with van der Waals surface area (Å²) in [6.07, 6.45) is 5.14. The first-order chi connectivity index (χ1) is 15.2. The van der Waals surface area contributed by atoms with Gasteiger partial charge in [-0.2, -0.15) is 4.98 Å². The fourth-order valence-corrected chi connectivity index (χ4v) is 5.09. The molecular formula is C22H23FIN3O4S. The minimum atomic E-state index is -3.60. The zero-order valence-corrected chi connectivity index (χ0v) is 20.7. The van der Waals surface area contributed by atoms with Gasteiger partial charge in [0, 0.05) is 19.2 Å². The van der Waals surface area contributed by atoms with Crippen LogP contribution in [0.3, 0.4) is 0 Å². The number of hydrogen-bond acceptors (Lipinski definition) is 5. The number of allylic oxidation sites excluding steroid dienone is 1. The predicted octanol–water partition coefficient (Wildman–Crippen LogP) is 4.72. The van der Waals surface area contributed by atoms with Crippen molar-refractivity contribution in [2.75, 3.05) is 24.2 Å². The van der Waals surface area contributed by atoms with Crippen molar-refractivity contribution in [3.8, 4) is 11.3 Å². The average Bonchev–Trinajstić information content (AvgIpc) is 3.10. The molecule has 2 heterocycles. The molecule has 170 valence electrons. The lowest BCUT2D eigenvalue weighted by Gasteiger charge is -2.22. The number of rotatable bonds is 9. The Balaban J connectivity index is 2.16. The van der Waals surface area contributed by atoms with Crippen LogP contribution in [0.5, 0.6) is 0 Å². The third-order valence-corrected chi connectivity index (χ3v) is 6.78. The van der Waals surface area contributed by atoms with Crippen LogP contribution >= 0.6 is 22.6 Å². The Morgan fingerprint density at radius 1 is 1.31 bits per heavy atom. The summed E-state index contributed by atoms with van der Waals surface area (Å²) in [5, 5.41) is 3.03. The maximum absolute atomic E-state index is 13.4. The van der Waals surface area contributed by atoms with Gasteiger partial charge in [-0.15, -0.1) is 6.58 Å². The van der Waals surface area contributed by atoms with Crippen molar-refractivity contribution in [3.05, 3.63) is 57.9 Å². The SMILES string of the molecule is C=CCCCCN(c1nc2oc(-c3ccc(F)cc3)c(C(=O)NC)c2cc1I)S(C)(=O)=O. The molecule has 0 saturated carbocycles. The summed E-state index contributed by atoms with van der Waals surface area (Å²) in [6, 6.07) is 7.24. The molecule has 32 heavy (non-hydrogen) atoms. The molecule has 0 unspecified atom stereocenters. The number of unbranched alkanes of at least 4 members (excludes halogenated alkanes) is 2. The number of hydrogen-bond donors (Lipinski definition) is 1. The van der Waals surface area contributed by atoms with Crippen LogP contribution in [0.25, 0.3) is 22.4 Å². The molecule has 2 aromatic heterocycles. The molecule has 1 aromatic carbocycles. The van der Waals surface area contributed by atoms with Gasteiger partial charge in [0.2, 0.25) is 15.7 Å². The fraction of sp³-hybridized carbons (Fsp3) is 0.273. The second-order valence-corrected chi connectivity index (χ2v) is 10.2. The largest absolute Gasteiger partial charge is 0.437 e. The number of carbonyl (C=O) groups excluding carboxylic acids is 1. The Bertz CT molecular complexity index is 1260. The van der Waals surface area contributed by atoms with Crippen LogP contribution in [0.15, 0.2) is 47.4 Å². The summed E-state index contributed by atoms with van der Waals surface area (Å²) in [7, 11) is -2.10. The highest BCUT2D eigenvalue weighted by Crippen LogP contribution is 2.36. The van der Waals surface area contributed by atoms with Crippen molar-refractivity contribution >= 4 is 55.4 Å². The fourth-order valence-electron chi connectivity index (χ4n) is 3.29. The summed E-state index contributed by atoms with van der Waals surface area (Å²) >= 11 is 2.00. The Kier molecular flexibility index (Phi) is 7.55. The van der Waals surface area contributed by atoms with Gasteiger partial charge in [0.25, 0.3) is 5.91 Å². The number of anilines is 1. The van der Waals surface area contributed by atoms with E-state index in [0.29, 0.717) is 20.9 Å². The number of halogens is 2. The number of fused-ring (bicyclic) bond motifs is 1.